The minimum atomic E-state index is 0.233. The fourth-order valence-electron chi connectivity index (χ4n) is 1.84. The third-order valence-corrected chi connectivity index (χ3v) is 2.94. The Bertz CT molecular complexity index is 411. The molecule has 78 valence electrons. The summed E-state index contributed by atoms with van der Waals surface area (Å²) in [4.78, 5) is 2.16. The van der Waals surface area contributed by atoms with E-state index in [9.17, 15) is 0 Å². The molecule has 1 heterocycles. The average Bonchev–Trinajstić information content (AvgIpc) is 2.64. The molecule has 1 aromatic rings. The summed E-state index contributed by atoms with van der Waals surface area (Å²) >= 11 is 6.10. The van der Waals surface area contributed by atoms with Crippen LogP contribution < -0.4 is 10.6 Å². The maximum absolute atomic E-state index is 8.72. The van der Waals surface area contributed by atoms with Crippen LogP contribution in [0, 0.1) is 11.3 Å². The average molecular weight is 222 g/mol. The zero-order valence-electron chi connectivity index (χ0n) is 8.28. The van der Waals surface area contributed by atoms with Gasteiger partial charge in [0.2, 0.25) is 0 Å². The van der Waals surface area contributed by atoms with E-state index in [1.54, 1.807) is 12.1 Å². The second-order valence-electron chi connectivity index (χ2n) is 3.77. The molecule has 1 aromatic carbocycles. The molecule has 15 heavy (non-hydrogen) atoms. The van der Waals surface area contributed by atoms with Gasteiger partial charge in [0.15, 0.2) is 0 Å². The number of halogens is 1. The van der Waals surface area contributed by atoms with Crippen molar-refractivity contribution in [2.75, 3.05) is 18.0 Å². The van der Waals surface area contributed by atoms with Gasteiger partial charge in [-0.1, -0.05) is 11.6 Å². The fourth-order valence-corrected chi connectivity index (χ4v) is 2.14. The van der Waals surface area contributed by atoms with Crippen molar-refractivity contribution in [3.05, 3.63) is 28.8 Å². The first-order valence-electron chi connectivity index (χ1n) is 4.91. The molecule has 0 amide bonds. The highest BCUT2D eigenvalue weighted by molar-refractivity contribution is 6.33. The molecule has 4 heteroatoms. The SMILES string of the molecule is N#Cc1ccc(N2CC[C@H](N)C2)c(Cl)c1. The van der Waals surface area contributed by atoms with Gasteiger partial charge in [-0.2, -0.15) is 5.26 Å². The van der Waals surface area contributed by atoms with Crippen molar-refractivity contribution in [2.45, 2.75) is 12.5 Å². The second-order valence-corrected chi connectivity index (χ2v) is 4.18. The van der Waals surface area contributed by atoms with Gasteiger partial charge < -0.3 is 10.6 Å². The molecule has 2 N–H and O–H groups in total. The van der Waals surface area contributed by atoms with Gasteiger partial charge in [-0.05, 0) is 24.6 Å². The number of hydrogen-bond donors (Lipinski definition) is 1. The van der Waals surface area contributed by atoms with Crippen LogP contribution in [0.5, 0.6) is 0 Å². The molecule has 0 aromatic heterocycles. The maximum Gasteiger partial charge on any atom is 0.0992 e. The molecule has 0 unspecified atom stereocenters. The Hall–Kier alpha value is -1.24. The summed E-state index contributed by atoms with van der Waals surface area (Å²) in [5, 5.41) is 9.35. The lowest BCUT2D eigenvalue weighted by Gasteiger charge is -2.19. The van der Waals surface area contributed by atoms with Crippen LogP contribution in [0.1, 0.15) is 12.0 Å². The molecule has 1 saturated heterocycles. The smallest absolute Gasteiger partial charge is 0.0992 e. The first kappa shape index (κ1) is 10.3. The lowest BCUT2D eigenvalue weighted by atomic mass is 10.2. The lowest BCUT2D eigenvalue weighted by molar-refractivity contribution is 0.752. The molecule has 0 saturated carbocycles. The Morgan fingerprint density at radius 1 is 1.53 bits per heavy atom. The van der Waals surface area contributed by atoms with E-state index in [1.807, 2.05) is 6.07 Å². The van der Waals surface area contributed by atoms with Crippen LogP contribution in [0.25, 0.3) is 0 Å². The Labute approximate surface area is 94.0 Å². The predicted octanol–water partition coefficient (Wildman–Crippen LogP) is 1.75. The number of nitrogens with two attached hydrogens (primary N) is 1. The summed E-state index contributed by atoms with van der Waals surface area (Å²) in [6.45, 7) is 1.78. The van der Waals surface area contributed by atoms with Crippen LogP contribution in [0.4, 0.5) is 5.69 Å². The highest BCUT2D eigenvalue weighted by Gasteiger charge is 2.20. The minimum Gasteiger partial charge on any atom is -0.369 e. The van der Waals surface area contributed by atoms with Gasteiger partial charge in [0, 0.05) is 19.1 Å². The number of rotatable bonds is 1. The maximum atomic E-state index is 8.72. The van der Waals surface area contributed by atoms with Crippen molar-refractivity contribution in [2.24, 2.45) is 5.73 Å². The summed E-state index contributed by atoms with van der Waals surface area (Å²) in [5.41, 5.74) is 7.40. The van der Waals surface area contributed by atoms with Crippen LogP contribution in [0.15, 0.2) is 18.2 Å². The number of benzene rings is 1. The molecule has 0 radical (unpaired) electrons. The lowest BCUT2D eigenvalue weighted by Crippen LogP contribution is -2.26. The molecular formula is C11H12ClN3. The van der Waals surface area contributed by atoms with E-state index >= 15 is 0 Å². The minimum absolute atomic E-state index is 0.233. The van der Waals surface area contributed by atoms with E-state index in [0.717, 1.165) is 25.2 Å². The molecule has 3 nitrogen and oxygen atoms in total. The van der Waals surface area contributed by atoms with E-state index < -0.39 is 0 Å². The first-order valence-corrected chi connectivity index (χ1v) is 5.28. The van der Waals surface area contributed by atoms with Gasteiger partial charge in [0.05, 0.1) is 22.3 Å². The Morgan fingerprint density at radius 3 is 2.87 bits per heavy atom. The summed E-state index contributed by atoms with van der Waals surface area (Å²) in [6, 6.07) is 7.67. The van der Waals surface area contributed by atoms with Gasteiger partial charge >= 0.3 is 0 Å². The van der Waals surface area contributed by atoms with Crippen molar-refractivity contribution in [3.8, 4) is 6.07 Å². The van der Waals surface area contributed by atoms with Crippen molar-refractivity contribution in [1.29, 1.82) is 5.26 Å². The Morgan fingerprint density at radius 2 is 2.33 bits per heavy atom. The monoisotopic (exact) mass is 221 g/mol. The zero-order chi connectivity index (χ0) is 10.8. The third kappa shape index (κ3) is 2.06. The summed E-state index contributed by atoms with van der Waals surface area (Å²) < 4.78 is 0. The topological polar surface area (TPSA) is 53.0 Å². The van der Waals surface area contributed by atoms with Gasteiger partial charge in [-0.15, -0.1) is 0 Å². The van der Waals surface area contributed by atoms with E-state index in [1.165, 1.54) is 0 Å². The molecule has 2 rings (SSSR count). The quantitative estimate of drug-likeness (QED) is 0.786. The summed E-state index contributed by atoms with van der Waals surface area (Å²) in [7, 11) is 0. The standard InChI is InChI=1S/C11H12ClN3/c12-10-5-8(6-13)1-2-11(10)15-4-3-9(14)7-15/h1-2,5,9H,3-4,7,14H2/t9-/m0/s1. The number of anilines is 1. The fraction of sp³-hybridized carbons (Fsp3) is 0.364. The normalized spacial score (nSPS) is 20.3. The molecular weight excluding hydrogens is 210 g/mol. The number of hydrogen-bond acceptors (Lipinski definition) is 3. The van der Waals surface area contributed by atoms with Crippen LogP contribution >= 0.6 is 11.6 Å². The predicted molar refractivity (Wildman–Crippen MR) is 61.0 cm³/mol. The van der Waals surface area contributed by atoms with Crippen LogP contribution in [-0.4, -0.2) is 19.1 Å². The van der Waals surface area contributed by atoms with Crippen molar-refractivity contribution >= 4 is 17.3 Å². The van der Waals surface area contributed by atoms with Gasteiger partial charge in [-0.25, -0.2) is 0 Å². The largest absolute Gasteiger partial charge is 0.369 e. The highest BCUT2D eigenvalue weighted by Crippen LogP contribution is 2.29. The van der Waals surface area contributed by atoms with Gasteiger partial charge in [0.1, 0.15) is 0 Å². The molecule has 0 bridgehead atoms. The molecule has 1 aliphatic rings. The molecule has 0 spiro atoms. The summed E-state index contributed by atoms with van der Waals surface area (Å²) in [5.74, 6) is 0. The number of nitrogens with zero attached hydrogens (tertiary/aromatic N) is 2. The molecule has 0 aliphatic carbocycles. The highest BCUT2D eigenvalue weighted by atomic mass is 35.5. The van der Waals surface area contributed by atoms with Crippen molar-refractivity contribution in [3.63, 3.8) is 0 Å². The van der Waals surface area contributed by atoms with Gasteiger partial charge in [-0.3, -0.25) is 0 Å². The van der Waals surface area contributed by atoms with E-state index in [-0.39, 0.29) is 6.04 Å². The Kier molecular flexibility index (Phi) is 2.81. The zero-order valence-corrected chi connectivity index (χ0v) is 9.04. The van der Waals surface area contributed by atoms with Crippen LogP contribution in [0.2, 0.25) is 5.02 Å². The van der Waals surface area contributed by atoms with Crippen molar-refractivity contribution in [1.82, 2.24) is 0 Å². The molecule has 1 atom stereocenters. The van der Waals surface area contributed by atoms with Gasteiger partial charge in [0.25, 0.3) is 0 Å². The molecule has 1 fully saturated rings. The van der Waals surface area contributed by atoms with E-state index in [0.29, 0.717) is 10.6 Å². The van der Waals surface area contributed by atoms with E-state index in [2.05, 4.69) is 11.0 Å². The Balaban J connectivity index is 2.26. The number of nitriles is 1. The summed E-state index contributed by atoms with van der Waals surface area (Å²) in [6.07, 6.45) is 0.996. The van der Waals surface area contributed by atoms with Crippen LogP contribution in [0.3, 0.4) is 0 Å². The van der Waals surface area contributed by atoms with Crippen LogP contribution in [-0.2, 0) is 0 Å². The van der Waals surface area contributed by atoms with E-state index in [4.69, 9.17) is 22.6 Å². The third-order valence-electron chi connectivity index (χ3n) is 2.64. The first-order chi connectivity index (χ1) is 7.20. The van der Waals surface area contributed by atoms with Crippen molar-refractivity contribution < 1.29 is 0 Å². The molecule has 1 aliphatic heterocycles. The second kappa shape index (κ2) is 4.09.